The third-order valence-electron chi connectivity index (χ3n) is 6.10. The SMILES string of the molecule is COc1ccc(-n2nnnc2C(Nc2ccccc2C)c2cc3cccc(OC)c3o2)c(C)c1.O=C(O)C(F)(F)F. The Bertz CT molecular complexity index is 1660. The molecule has 3 aromatic carbocycles. The lowest BCUT2D eigenvalue weighted by molar-refractivity contribution is -0.192. The summed E-state index contributed by atoms with van der Waals surface area (Å²) in [7, 11) is 3.28. The van der Waals surface area contributed by atoms with Crippen molar-refractivity contribution in [3.05, 3.63) is 89.4 Å². The van der Waals surface area contributed by atoms with Crippen molar-refractivity contribution in [3.63, 3.8) is 0 Å². The molecule has 0 amide bonds. The summed E-state index contributed by atoms with van der Waals surface area (Å²) >= 11 is 0. The molecule has 2 aromatic heterocycles. The van der Waals surface area contributed by atoms with E-state index < -0.39 is 18.2 Å². The Kier molecular flexibility index (Phi) is 8.45. The van der Waals surface area contributed by atoms with Crippen LogP contribution >= 0.6 is 0 Å². The molecule has 1 unspecified atom stereocenters. The molecule has 41 heavy (non-hydrogen) atoms. The number of benzene rings is 3. The average Bonchev–Trinajstić information content (AvgIpc) is 3.60. The first-order valence-corrected chi connectivity index (χ1v) is 12.2. The number of methoxy groups -OCH3 is 2. The van der Waals surface area contributed by atoms with Crippen molar-refractivity contribution in [2.75, 3.05) is 19.5 Å². The van der Waals surface area contributed by atoms with Gasteiger partial charge in [0.1, 0.15) is 17.6 Å². The van der Waals surface area contributed by atoms with Crippen LogP contribution in [-0.4, -0.2) is 51.7 Å². The van der Waals surface area contributed by atoms with E-state index in [2.05, 4.69) is 33.8 Å². The minimum Gasteiger partial charge on any atom is -0.497 e. The van der Waals surface area contributed by atoms with E-state index in [1.165, 1.54) is 0 Å². The van der Waals surface area contributed by atoms with Crippen LogP contribution in [0.1, 0.15) is 28.8 Å². The maximum Gasteiger partial charge on any atom is 0.490 e. The van der Waals surface area contributed by atoms with Crippen molar-refractivity contribution in [1.82, 2.24) is 20.2 Å². The normalized spacial score (nSPS) is 11.9. The Morgan fingerprint density at radius 2 is 1.73 bits per heavy atom. The van der Waals surface area contributed by atoms with Gasteiger partial charge in [-0.25, -0.2) is 4.79 Å². The summed E-state index contributed by atoms with van der Waals surface area (Å²) in [5.74, 6) is -0.0502. The Morgan fingerprint density at radius 1 is 1.00 bits per heavy atom. The van der Waals surface area contributed by atoms with Crippen LogP contribution in [0, 0.1) is 13.8 Å². The molecule has 5 rings (SSSR count). The highest BCUT2D eigenvalue weighted by atomic mass is 19.4. The third-order valence-corrected chi connectivity index (χ3v) is 6.10. The lowest BCUT2D eigenvalue weighted by atomic mass is 10.1. The fourth-order valence-corrected chi connectivity index (χ4v) is 4.05. The quantitative estimate of drug-likeness (QED) is 0.247. The molecular weight excluding hydrogens is 543 g/mol. The van der Waals surface area contributed by atoms with E-state index in [1.807, 2.05) is 67.6 Å². The number of para-hydroxylation sites is 2. The summed E-state index contributed by atoms with van der Waals surface area (Å²) in [5, 5.41) is 24.4. The van der Waals surface area contributed by atoms with Crippen LogP contribution in [0.3, 0.4) is 0 Å². The molecule has 0 radical (unpaired) electrons. The average molecular weight is 570 g/mol. The summed E-state index contributed by atoms with van der Waals surface area (Å²) in [5.41, 5.74) is 4.57. The number of alkyl halides is 3. The van der Waals surface area contributed by atoms with Gasteiger partial charge in [-0.2, -0.15) is 17.9 Å². The molecule has 10 nitrogen and oxygen atoms in total. The van der Waals surface area contributed by atoms with Gasteiger partial charge in [-0.05, 0) is 71.8 Å². The van der Waals surface area contributed by atoms with Gasteiger partial charge >= 0.3 is 12.1 Å². The highest BCUT2D eigenvalue weighted by Gasteiger charge is 2.38. The summed E-state index contributed by atoms with van der Waals surface area (Å²) in [4.78, 5) is 8.90. The van der Waals surface area contributed by atoms with E-state index in [-0.39, 0.29) is 0 Å². The number of hydrogen-bond acceptors (Lipinski definition) is 8. The lowest BCUT2D eigenvalue weighted by Gasteiger charge is -2.19. The standard InChI is InChI=1S/C26H25N5O3.C2HF3O2/c1-16-8-5-6-10-20(16)27-24(23-15-18-9-7-11-22(33-4)25(18)34-23)26-28-29-30-31(26)21-13-12-19(32-3)14-17(21)2;3-2(4,5)1(6)7/h5-15,24,27H,1-4H3;(H,6,7). The summed E-state index contributed by atoms with van der Waals surface area (Å²) in [6.07, 6.45) is -5.08. The van der Waals surface area contributed by atoms with Crippen LogP contribution in [0.5, 0.6) is 11.5 Å². The van der Waals surface area contributed by atoms with E-state index >= 15 is 0 Å². The zero-order valence-electron chi connectivity index (χ0n) is 22.4. The van der Waals surface area contributed by atoms with Crippen LogP contribution in [0.15, 0.2) is 71.1 Å². The fourth-order valence-electron chi connectivity index (χ4n) is 4.05. The second-order valence-electron chi connectivity index (χ2n) is 8.82. The number of anilines is 1. The molecule has 0 fully saturated rings. The number of rotatable bonds is 7. The molecule has 0 saturated heterocycles. The zero-order valence-corrected chi connectivity index (χ0v) is 22.4. The first kappa shape index (κ1) is 28.9. The van der Waals surface area contributed by atoms with E-state index in [0.29, 0.717) is 22.9 Å². The van der Waals surface area contributed by atoms with Gasteiger partial charge in [0.05, 0.1) is 19.9 Å². The molecule has 2 heterocycles. The van der Waals surface area contributed by atoms with Crippen LogP contribution in [0.2, 0.25) is 0 Å². The topological polar surface area (TPSA) is 125 Å². The molecular formula is C28H26F3N5O5. The second-order valence-corrected chi connectivity index (χ2v) is 8.82. The number of nitrogens with zero attached hydrogens (tertiary/aromatic N) is 4. The van der Waals surface area contributed by atoms with E-state index in [9.17, 15) is 13.2 Å². The highest BCUT2D eigenvalue weighted by molar-refractivity contribution is 5.84. The van der Waals surface area contributed by atoms with Gasteiger partial charge in [-0.1, -0.05) is 30.3 Å². The predicted octanol–water partition coefficient (Wildman–Crippen LogP) is 5.88. The molecule has 0 spiro atoms. The number of nitrogens with one attached hydrogen (secondary N) is 1. The van der Waals surface area contributed by atoms with Gasteiger partial charge in [-0.3, -0.25) is 0 Å². The van der Waals surface area contributed by atoms with Crippen LogP contribution < -0.4 is 14.8 Å². The summed E-state index contributed by atoms with van der Waals surface area (Å²) in [6, 6.07) is 21.2. The smallest absolute Gasteiger partial charge is 0.490 e. The van der Waals surface area contributed by atoms with E-state index in [1.54, 1.807) is 18.9 Å². The van der Waals surface area contributed by atoms with Gasteiger partial charge in [0.2, 0.25) is 0 Å². The molecule has 0 saturated carbocycles. The Balaban J connectivity index is 0.000000493. The largest absolute Gasteiger partial charge is 0.497 e. The number of furan rings is 1. The van der Waals surface area contributed by atoms with Gasteiger partial charge in [-0.15, -0.1) is 5.10 Å². The Labute approximate surface area is 232 Å². The number of ether oxygens (including phenoxy) is 2. The zero-order chi connectivity index (χ0) is 29.7. The number of aliphatic carboxylic acids is 1. The number of carboxylic acids is 1. The van der Waals surface area contributed by atoms with E-state index in [4.69, 9.17) is 23.8 Å². The highest BCUT2D eigenvalue weighted by Crippen LogP contribution is 2.35. The molecule has 2 N–H and O–H groups in total. The van der Waals surface area contributed by atoms with Gasteiger partial charge in [0, 0.05) is 11.1 Å². The molecule has 0 aliphatic rings. The van der Waals surface area contributed by atoms with Gasteiger partial charge in [0.15, 0.2) is 17.2 Å². The Hall–Kier alpha value is -5.07. The third kappa shape index (κ3) is 6.40. The summed E-state index contributed by atoms with van der Waals surface area (Å²) < 4.78 is 50.7. The maximum absolute atomic E-state index is 10.6. The lowest BCUT2D eigenvalue weighted by Crippen LogP contribution is -2.21. The fraction of sp³-hybridized carbons (Fsp3) is 0.214. The number of halogens is 3. The number of fused-ring (bicyclic) bond motifs is 1. The van der Waals surface area contributed by atoms with Crippen molar-refractivity contribution in [2.45, 2.75) is 26.1 Å². The molecule has 0 bridgehead atoms. The molecule has 1 atom stereocenters. The number of tetrazole rings is 1. The first-order chi connectivity index (χ1) is 19.5. The monoisotopic (exact) mass is 569 g/mol. The second kappa shape index (κ2) is 12.0. The van der Waals surface area contributed by atoms with Crippen molar-refractivity contribution in [2.24, 2.45) is 0 Å². The molecule has 13 heteroatoms. The van der Waals surface area contributed by atoms with E-state index in [0.717, 1.165) is 33.6 Å². The number of carboxylic acid groups (broad SMARTS) is 1. The van der Waals surface area contributed by atoms with Crippen molar-refractivity contribution < 1.29 is 37.0 Å². The number of aromatic nitrogens is 4. The minimum atomic E-state index is -5.08. The maximum atomic E-state index is 10.6. The Morgan fingerprint density at radius 3 is 2.37 bits per heavy atom. The van der Waals surface area contributed by atoms with Crippen molar-refractivity contribution in [3.8, 4) is 17.2 Å². The van der Waals surface area contributed by atoms with Crippen LogP contribution in [0.25, 0.3) is 16.7 Å². The minimum absolute atomic E-state index is 0.463. The predicted molar refractivity (Wildman–Crippen MR) is 144 cm³/mol. The number of carbonyl (C=O) groups is 1. The first-order valence-electron chi connectivity index (χ1n) is 12.2. The molecule has 0 aliphatic heterocycles. The van der Waals surface area contributed by atoms with Gasteiger partial charge < -0.3 is 24.3 Å². The van der Waals surface area contributed by atoms with Gasteiger partial charge in [0.25, 0.3) is 0 Å². The number of aryl methyl sites for hydroxylation is 2. The summed E-state index contributed by atoms with van der Waals surface area (Å²) in [6.45, 7) is 4.05. The van der Waals surface area contributed by atoms with Crippen molar-refractivity contribution >= 4 is 22.6 Å². The molecule has 5 aromatic rings. The van der Waals surface area contributed by atoms with Crippen LogP contribution in [-0.2, 0) is 4.79 Å². The molecule has 214 valence electrons. The van der Waals surface area contributed by atoms with Crippen LogP contribution in [0.4, 0.5) is 18.9 Å². The van der Waals surface area contributed by atoms with Crippen molar-refractivity contribution in [1.29, 1.82) is 0 Å². The molecule has 0 aliphatic carbocycles. The number of hydrogen-bond donors (Lipinski definition) is 2.